The van der Waals surface area contributed by atoms with Crippen LogP contribution in [0.1, 0.15) is 52.6 Å². The molecule has 0 heterocycles. The molecule has 0 aromatic heterocycles. The highest BCUT2D eigenvalue weighted by atomic mass is 14.1. The first-order valence-electron chi connectivity index (χ1n) is 14.2. The summed E-state index contributed by atoms with van der Waals surface area (Å²) in [4.78, 5) is 0. The van der Waals surface area contributed by atoms with E-state index in [0.29, 0.717) is 0 Å². The Bertz CT molecular complexity index is 1350. The average molecular weight is 495 g/mol. The van der Waals surface area contributed by atoms with Gasteiger partial charge in [-0.15, -0.1) is 0 Å². The molecule has 0 atom stereocenters. The lowest BCUT2D eigenvalue weighted by Gasteiger charge is -2.13. The Morgan fingerprint density at radius 1 is 0.342 bits per heavy atom. The predicted molar refractivity (Wildman–Crippen MR) is 165 cm³/mol. The summed E-state index contributed by atoms with van der Waals surface area (Å²) >= 11 is 0. The molecule has 5 aromatic carbocycles. The van der Waals surface area contributed by atoms with Crippen molar-refractivity contribution in [3.63, 3.8) is 0 Å². The summed E-state index contributed by atoms with van der Waals surface area (Å²) in [5.41, 5.74) is 9.13. The molecule has 3 aliphatic carbocycles. The van der Waals surface area contributed by atoms with Crippen LogP contribution in [-0.2, 0) is 32.1 Å². The van der Waals surface area contributed by atoms with Crippen LogP contribution in [0.5, 0.6) is 0 Å². The van der Waals surface area contributed by atoms with Gasteiger partial charge in [0.1, 0.15) is 0 Å². The van der Waals surface area contributed by atoms with Gasteiger partial charge in [0.2, 0.25) is 0 Å². The summed E-state index contributed by atoms with van der Waals surface area (Å²) in [6.07, 6.45) is 14.8. The van der Waals surface area contributed by atoms with E-state index in [9.17, 15) is 0 Å². The monoisotopic (exact) mass is 494 g/mol. The summed E-state index contributed by atoms with van der Waals surface area (Å²) in [6.45, 7) is 0. The van der Waals surface area contributed by atoms with Crippen LogP contribution in [-0.4, -0.2) is 0 Å². The molecule has 8 rings (SSSR count). The summed E-state index contributed by atoms with van der Waals surface area (Å²) in [5.74, 6) is 0. The molecule has 0 heteroatoms. The van der Waals surface area contributed by atoms with Crippen LogP contribution >= 0.6 is 0 Å². The Labute approximate surface area is 228 Å². The van der Waals surface area contributed by atoms with Crippen molar-refractivity contribution in [3.8, 4) is 0 Å². The van der Waals surface area contributed by atoms with Crippen LogP contribution in [0.3, 0.4) is 0 Å². The fourth-order valence-corrected chi connectivity index (χ4v) is 5.52. The predicted octanol–water partition coefficient (Wildman–Crippen LogP) is 9.84. The molecule has 0 N–H and O–H groups in total. The molecule has 0 radical (unpaired) electrons. The van der Waals surface area contributed by atoms with E-state index in [4.69, 9.17) is 0 Å². The molecule has 0 unspecified atom stereocenters. The number of allylic oxidation sites excluding steroid dienone is 1. The van der Waals surface area contributed by atoms with Crippen LogP contribution in [0.25, 0.3) is 16.8 Å². The quantitative estimate of drug-likeness (QED) is 0.201. The van der Waals surface area contributed by atoms with Gasteiger partial charge in [0.15, 0.2) is 0 Å². The molecule has 0 aliphatic heterocycles. The van der Waals surface area contributed by atoms with Gasteiger partial charge in [-0.1, -0.05) is 133 Å². The van der Waals surface area contributed by atoms with Crippen molar-refractivity contribution >= 4 is 16.8 Å². The number of benzene rings is 5. The van der Waals surface area contributed by atoms with Crippen molar-refractivity contribution in [2.24, 2.45) is 0 Å². The Morgan fingerprint density at radius 2 is 0.711 bits per heavy atom. The van der Waals surface area contributed by atoms with Crippen molar-refractivity contribution in [2.45, 2.75) is 51.4 Å². The van der Waals surface area contributed by atoms with Gasteiger partial charge < -0.3 is 0 Å². The lowest BCUT2D eigenvalue weighted by Crippen LogP contribution is -2.00. The first-order valence-corrected chi connectivity index (χ1v) is 14.2. The summed E-state index contributed by atoms with van der Waals surface area (Å²) in [7, 11) is 0. The number of rotatable bonds is 0. The van der Waals surface area contributed by atoms with Crippen molar-refractivity contribution in [1.82, 2.24) is 0 Å². The van der Waals surface area contributed by atoms with E-state index in [-0.39, 0.29) is 0 Å². The fraction of sp³-hybridized carbons (Fsp3) is 0.211. The summed E-state index contributed by atoms with van der Waals surface area (Å²) < 4.78 is 0. The Hall–Kier alpha value is -3.90. The summed E-state index contributed by atoms with van der Waals surface area (Å²) in [5, 5.41) is 2.62. The highest BCUT2D eigenvalue weighted by Crippen LogP contribution is 2.21. The smallest absolute Gasteiger partial charge is 0.00882 e. The van der Waals surface area contributed by atoms with E-state index in [1.54, 1.807) is 22.3 Å². The Kier molecular flexibility index (Phi) is 9.20. The van der Waals surface area contributed by atoms with Crippen molar-refractivity contribution in [3.05, 3.63) is 161 Å². The zero-order valence-corrected chi connectivity index (χ0v) is 22.4. The zero-order chi connectivity index (χ0) is 25.8. The van der Waals surface area contributed by atoms with Crippen molar-refractivity contribution in [1.29, 1.82) is 0 Å². The molecule has 0 saturated heterocycles. The van der Waals surface area contributed by atoms with Crippen molar-refractivity contribution in [2.75, 3.05) is 0 Å². The van der Waals surface area contributed by atoms with E-state index >= 15 is 0 Å². The van der Waals surface area contributed by atoms with Gasteiger partial charge in [-0.3, -0.25) is 0 Å². The van der Waals surface area contributed by atoms with Crippen LogP contribution < -0.4 is 0 Å². The Balaban J connectivity index is 0.000000103. The standard InChI is InChI=1S/C10H12.C10H8.C9H10.C9H8/c2*1-2-6-10-8-4-3-7-9(10)5-1;2*1-2-5-9-7-3-6-8(9)4-1/h1-2,5-6H,3-4,7-8H2;1-8H;1-2,4-5H,3,6-7H2;1-6H,7H2. The fourth-order valence-electron chi connectivity index (χ4n) is 5.52. The van der Waals surface area contributed by atoms with Gasteiger partial charge in [0.25, 0.3) is 0 Å². The highest BCUT2D eigenvalue weighted by molar-refractivity contribution is 5.82. The molecular weight excluding hydrogens is 456 g/mol. The molecule has 0 nitrogen and oxygen atoms in total. The van der Waals surface area contributed by atoms with Gasteiger partial charge >= 0.3 is 0 Å². The summed E-state index contributed by atoms with van der Waals surface area (Å²) in [6, 6.07) is 42.7. The van der Waals surface area contributed by atoms with E-state index in [2.05, 4.69) is 133 Å². The second-order valence-corrected chi connectivity index (χ2v) is 10.3. The molecule has 0 bridgehead atoms. The maximum Gasteiger partial charge on any atom is -0.00882 e. The van der Waals surface area contributed by atoms with Crippen molar-refractivity contribution < 1.29 is 0 Å². The maximum absolute atomic E-state index is 2.26. The first kappa shape index (κ1) is 25.7. The number of hydrogen-bond acceptors (Lipinski definition) is 0. The molecule has 0 spiro atoms. The molecule has 5 aromatic rings. The van der Waals surface area contributed by atoms with Crippen LogP contribution in [0, 0.1) is 0 Å². The largest absolute Gasteiger partial charge is 0.0795 e. The van der Waals surface area contributed by atoms with E-state index in [1.165, 1.54) is 66.8 Å². The van der Waals surface area contributed by atoms with E-state index in [0.717, 1.165) is 6.42 Å². The minimum absolute atomic E-state index is 1.12. The molecule has 0 amide bonds. The van der Waals surface area contributed by atoms with Gasteiger partial charge in [-0.05, 0) is 95.5 Å². The second kappa shape index (κ2) is 13.6. The molecule has 0 fully saturated rings. The van der Waals surface area contributed by atoms with Gasteiger partial charge in [0.05, 0.1) is 0 Å². The molecule has 3 aliphatic rings. The third-order valence-electron chi connectivity index (χ3n) is 7.62. The van der Waals surface area contributed by atoms with Crippen LogP contribution in [0.15, 0.2) is 127 Å². The number of hydrogen-bond donors (Lipinski definition) is 0. The maximum atomic E-state index is 2.26. The first-order chi connectivity index (χ1) is 18.9. The average Bonchev–Trinajstić information content (AvgIpc) is 3.68. The number of fused-ring (bicyclic) bond motifs is 4. The van der Waals surface area contributed by atoms with Gasteiger partial charge in [-0.25, -0.2) is 0 Å². The normalized spacial score (nSPS) is 13.9. The van der Waals surface area contributed by atoms with Gasteiger partial charge in [-0.2, -0.15) is 0 Å². The minimum atomic E-state index is 1.12. The molecule has 190 valence electrons. The SMILES string of the molecule is C1=Cc2ccccc2C1.c1ccc2c(c1)CCC2.c1ccc2c(c1)CCCC2.c1ccc2ccccc2c1. The van der Waals surface area contributed by atoms with E-state index in [1.807, 2.05) is 0 Å². The molecule has 38 heavy (non-hydrogen) atoms. The highest BCUT2D eigenvalue weighted by Gasteiger charge is 2.07. The lowest BCUT2D eigenvalue weighted by molar-refractivity contribution is 0.685. The minimum Gasteiger partial charge on any atom is -0.0795 e. The zero-order valence-electron chi connectivity index (χ0n) is 22.4. The van der Waals surface area contributed by atoms with Crippen LogP contribution in [0.2, 0.25) is 0 Å². The van der Waals surface area contributed by atoms with E-state index < -0.39 is 0 Å². The topological polar surface area (TPSA) is 0 Å². The molecular formula is C38H38. The van der Waals surface area contributed by atoms with Crippen LogP contribution in [0.4, 0.5) is 0 Å². The Morgan fingerprint density at radius 3 is 1.16 bits per heavy atom. The molecule has 0 saturated carbocycles. The third kappa shape index (κ3) is 7.11. The number of aryl methyl sites for hydroxylation is 4. The third-order valence-corrected chi connectivity index (χ3v) is 7.62. The second-order valence-electron chi connectivity index (χ2n) is 10.3. The lowest BCUT2D eigenvalue weighted by atomic mass is 9.92. The van der Waals surface area contributed by atoms with Gasteiger partial charge in [0, 0.05) is 0 Å².